The predicted octanol–water partition coefficient (Wildman–Crippen LogP) is 4.31. The average molecular weight is 492 g/mol. The number of carbonyl (C=O) groups excluding carboxylic acids is 2. The van der Waals surface area contributed by atoms with Gasteiger partial charge in [0.1, 0.15) is 0 Å². The number of likely N-dealkylation sites (tertiary alicyclic amines) is 1. The molecular weight excluding hydrogens is 462 g/mol. The molecule has 0 saturated carbocycles. The van der Waals surface area contributed by atoms with Crippen LogP contribution < -0.4 is 9.62 Å². The third-order valence-corrected chi connectivity index (χ3v) is 8.11. The van der Waals surface area contributed by atoms with Crippen LogP contribution in [0.3, 0.4) is 0 Å². The van der Waals surface area contributed by atoms with Crippen molar-refractivity contribution in [1.82, 2.24) is 4.90 Å². The van der Waals surface area contributed by atoms with Crippen LogP contribution in [0.1, 0.15) is 28.8 Å². The lowest BCUT2D eigenvalue weighted by molar-refractivity contribution is -0.121. The molecule has 35 heavy (non-hydrogen) atoms. The van der Waals surface area contributed by atoms with Gasteiger partial charge in [-0.1, -0.05) is 42.0 Å². The van der Waals surface area contributed by atoms with Gasteiger partial charge in [-0.05, 0) is 62.2 Å². The molecule has 1 aliphatic rings. The molecule has 4 rings (SSSR count). The maximum Gasteiger partial charge on any atom is 0.264 e. The number of nitrogens with zero attached hydrogens (tertiary/aromatic N) is 2. The van der Waals surface area contributed by atoms with Crippen molar-refractivity contribution < 1.29 is 18.0 Å². The number of carbonyl (C=O) groups is 2. The number of hydrogen-bond donors (Lipinski definition) is 1. The molecule has 3 aromatic carbocycles. The number of hydrogen-bond acceptors (Lipinski definition) is 4. The number of aryl methyl sites for hydroxylation is 1. The molecular formula is C27H29N3O4S. The second kappa shape index (κ2) is 10.3. The number of para-hydroxylation sites is 1. The summed E-state index contributed by atoms with van der Waals surface area (Å²) in [6.07, 6.45) is 1.11. The van der Waals surface area contributed by atoms with Crippen LogP contribution in [0.4, 0.5) is 11.4 Å². The van der Waals surface area contributed by atoms with Crippen molar-refractivity contribution in [3.8, 4) is 0 Å². The number of piperidine rings is 1. The first kappa shape index (κ1) is 24.5. The highest BCUT2D eigenvalue weighted by molar-refractivity contribution is 7.92. The summed E-state index contributed by atoms with van der Waals surface area (Å²) in [6, 6.07) is 22.6. The number of amides is 2. The molecule has 3 aromatic rings. The number of rotatable bonds is 6. The van der Waals surface area contributed by atoms with Crippen LogP contribution in [0.5, 0.6) is 0 Å². The van der Waals surface area contributed by atoms with E-state index in [0.717, 1.165) is 11.3 Å². The molecule has 2 amide bonds. The van der Waals surface area contributed by atoms with Gasteiger partial charge in [0.25, 0.3) is 15.9 Å². The first-order chi connectivity index (χ1) is 16.8. The summed E-state index contributed by atoms with van der Waals surface area (Å²) in [6.45, 7) is 2.81. The summed E-state index contributed by atoms with van der Waals surface area (Å²) in [5.74, 6) is -0.452. The number of anilines is 2. The van der Waals surface area contributed by atoms with Gasteiger partial charge in [0.2, 0.25) is 5.91 Å². The van der Waals surface area contributed by atoms with Crippen molar-refractivity contribution in [3.05, 3.63) is 90.0 Å². The van der Waals surface area contributed by atoms with Gasteiger partial charge in [0.05, 0.1) is 10.6 Å². The Balaban J connectivity index is 1.42. The fourth-order valence-electron chi connectivity index (χ4n) is 4.13. The van der Waals surface area contributed by atoms with Gasteiger partial charge in [-0.2, -0.15) is 0 Å². The van der Waals surface area contributed by atoms with Crippen LogP contribution in [0.25, 0.3) is 0 Å². The van der Waals surface area contributed by atoms with Gasteiger partial charge >= 0.3 is 0 Å². The van der Waals surface area contributed by atoms with Crippen LogP contribution >= 0.6 is 0 Å². The summed E-state index contributed by atoms with van der Waals surface area (Å²) in [4.78, 5) is 27.5. The number of sulfonamides is 1. The van der Waals surface area contributed by atoms with Gasteiger partial charge in [-0.3, -0.25) is 13.9 Å². The van der Waals surface area contributed by atoms with E-state index in [-0.39, 0.29) is 22.6 Å². The van der Waals surface area contributed by atoms with Crippen molar-refractivity contribution in [2.24, 2.45) is 5.92 Å². The first-order valence-corrected chi connectivity index (χ1v) is 13.0. The van der Waals surface area contributed by atoms with E-state index in [4.69, 9.17) is 0 Å². The quantitative estimate of drug-likeness (QED) is 0.557. The first-order valence-electron chi connectivity index (χ1n) is 11.6. The molecule has 0 aliphatic carbocycles. The largest absolute Gasteiger partial charge is 0.339 e. The van der Waals surface area contributed by atoms with E-state index in [9.17, 15) is 18.0 Å². The molecule has 0 radical (unpaired) electrons. The number of nitrogens with one attached hydrogen (secondary N) is 1. The Hall–Kier alpha value is -3.65. The summed E-state index contributed by atoms with van der Waals surface area (Å²) >= 11 is 0. The van der Waals surface area contributed by atoms with E-state index < -0.39 is 10.0 Å². The highest BCUT2D eigenvalue weighted by Gasteiger charge is 2.29. The summed E-state index contributed by atoms with van der Waals surface area (Å²) < 4.78 is 27.6. The van der Waals surface area contributed by atoms with Gasteiger partial charge in [-0.25, -0.2) is 8.42 Å². The molecule has 1 fully saturated rings. The Morgan fingerprint density at radius 3 is 2.23 bits per heavy atom. The van der Waals surface area contributed by atoms with E-state index in [2.05, 4.69) is 5.32 Å². The Bertz CT molecular complexity index is 1300. The van der Waals surface area contributed by atoms with Crippen molar-refractivity contribution >= 4 is 33.2 Å². The second-order valence-electron chi connectivity index (χ2n) is 8.76. The molecule has 0 aromatic heterocycles. The topological polar surface area (TPSA) is 86.8 Å². The lowest BCUT2D eigenvalue weighted by atomic mass is 9.95. The molecule has 0 atom stereocenters. The van der Waals surface area contributed by atoms with Crippen molar-refractivity contribution in [1.29, 1.82) is 0 Å². The van der Waals surface area contributed by atoms with Crippen LogP contribution in [0.15, 0.2) is 83.8 Å². The van der Waals surface area contributed by atoms with E-state index in [1.54, 1.807) is 29.2 Å². The standard InChI is InChI=1S/C27H29N3O4S/c1-20-11-13-24(14-12-20)29(2)35(33,34)25-10-6-7-22(19-25)27(32)30-17-15-21(16-18-30)26(31)28-23-8-4-3-5-9-23/h3-14,19,21H,15-18H2,1-2H3,(H,28,31). The van der Waals surface area contributed by atoms with Crippen LogP contribution in [0, 0.1) is 12.8 Å². The minimum Gasteiger partial charge on any atom is -0.339 e. The zero-order valence-electron chi connectivity index (χ0n) is 19.8. The van der Waals surface area contributed by atoms with Crippen LogP contribution in [-0.4, -0.2) is 45.3 Å². The molecule has 1 N–H and O–H groups in total. The minimum atomic E-state index is -3.83. The fourth-order valence-corrected chi connectivity index (χ4v) is 5.38. The van der Waals surface area contributed by atoms with E-state index in [1.807, 2.05) is 49.4 Å². The maximum absolute atomic E-state index is 13.2. The van der Waals surface area contributed by atoms with Crippen molar-refractivity contribution in [3.63, 3.8) is 0 Å². The van der Waals surface area contributed by atoms with E-state index in [0.29, 0.717) is 37.2 Å². The molecule has 1 aliphatic heterocycles. The molecule has 182 valence electrons. The summed E-state index contributed by atoms with van der Waals surface area (Å²) in [5.41, 5.74) is 2.65. The third kappa shape index (κ3) is 5.54. The van der Waals surface area contributed by atoms with Gasteiger partial charge in [0.15, 0.2) is 0 Å². The lowest BCUT2D eigenvalue weighted by Gasteiger charge is -2.31. The van der Waals surface area contributed by atoms with Crippen molar-refractivity contribution in [2.75, 3.05) is 29.8 Å². The number of benzene rings is 3. The average Bonchev–Trinajstić information content (AvgIpc) is 2.89. The Morgan fingerprint density at radius 1 is 0.914 bits per heavy atom. The smallest absolute Gasteiger partial charge is 0.264 e. The molecule has 0 unspecified atom stereocenters. The van der Waals surface area contributed by atoms with Gasteiger partial charge in [-0.15, -0.1) is 0 Å². The Labute approximate surface area is 206 Å². The highest BCUT2D eigenvalue weighted by atomic mass is 32.2. The van der Waals surface area contributed by atoms with E-state index >= 15 is 0 Å². The van der Waals surface area contributed by atoms with Gasteiger partial charge < -0.3 is 10.2 Å². The molecule has 0 spiro atoms. The molecule has 7 nitrogen and oxygen atoms in total. The molecule has 1 heterocycles. The Morgan fingerprint density at radius 2 is 1.57 bits per heavy atom. The van der Waals surface area contributed by atoms with E-state index in [1.165, 1.54) is 23.5 Å². The zero-order chi connectivity index (χ0) is 25.0. The van der Waals surface area contributed by atoms with Crippen LogP contribution in [-0.2, 0) is 14.8 Å². The normalized spacial score (nSPS) is 14.4. The zero-order valence-corrected chi connectivity index (χ0v) is 20.7. The third-order valence-electron chi connectivity index (χ3n) is 6.33. The van der Waals surface area contributed by atoms with Gasteiger partial charge in [0, 0.05) is 37.3 Å². The molecule has 8 heteroatoms. The molecule has 1 saturated heterocycles. The second-order valence-corrected chi connectivity index (χ2v) is 10.7. The maximum atomic E-state index is 13.2. The van der Waals surface area contributed by atoms with Crippen molar-refractivity contribution in [2.45, 2.75) is 24.7 Å². The summed E-state index contributed by atoms with van der Waals surface area (Å²) in [7, 11) is -2.33. The minimum absolute atomic E-state index is 0.0458. The predicted molar refractivity (Wildman–Crippen MR) is 137 cm³/mol. The lowest BCUT2D eigenvalue weighted by Crippen LogP contribution is -2.41. The summed E-state index contributed by atoms with van der Waals surface area (Å²) in [5, 5.41) is 2.92. The monoisotopic (exact) mass is 491 g/mol. The van der Waals surface area contributed by atoms with Crippen LogP contribution in [0.2, 0.25) is 0 Å². The molecule has 0 bridgehead atoms. The highest BCUT2D eigenvalue weighted by Crippen LogP contribution is 2.25. The Kier molecular flexibility index (Phi) is 7.21. The SMILES string of the molecule is Cc1ccc(N(C)S(=O)(=O)c2cccc(C(=O)N3CCC(C(=O)Nc4ccccc4)CC3)c2)cc1. The fraction of sp³-hybridized carbons (Fsp3) is 0.259.